The normalized spacial score (nSPS) is 10.9. The van der Waals surface area contributed by atoms with Crippen molar-refractivity contribution in [2.75, 3.05) is 5.32 Å². The van der Waals surface area contributed by atoms with E-state index in [4.69, 9.17) is 6.57 Å². The van der Waals surface area contributed by atoms with Crippen LogP contribution in [0.2, 0.25) is 0 Å². The molecular formula is C13H6F4N4O. The molecule has 0 radical (unpaired) electrons. The third-order valence-electron chi connectivity index (χ3n) is 2.43. The minimum atomic E-state index is -4.79. The highest BCUT2D eigenvalue weighted by Crippen LogP contribution is 2.30. The number of carbonyl (C=O) groups is 1. The number of pyridine rings is 2. The number of nitrogens with zero attached hydrogens (tertiary/aromatic N) is 3. The van der Waals surface area contributed by atoms with E-state index in [1.807, 2.05) is 0 Å². The van der Waals surface area contributed by atoms with Gasteiger partial charge in [0.1, 0.15) is 23.0 Å². The number of nitrogens with one attached hydrogen (secondary N) is 1. The van der Waals surface area contributed by atoms with Gasteiger partial charge in [0, 0.05) is 0 Å². The number of hydrogen-bond acceptors (Lipinski definition) is 3. The lowest BCUT2D eigenvalue weighted by Crippen LogP contribution is -2.17. The molecule has 0 aliphatic carbocycles. The van der Waals surface area contributed by atoms with Crippen molar-refractivity contribution in [2.45, 2.75) is 6.18 Å². The van der Waals surface area contributed by atoms with Gasteiger partial charge in [-0.15, -0.1) is 0 Å². The fourth-order valence-electron chi connectivity index (χ4n) is 1.47. The molecule has 0 unspecified atom stereocenters. The lowest BCUT2D eigenvalue weighted by Gasteiger charge is -2.09. The Bertz CT molecular complexity index is 750. The van der Waals surface area contributed by atoms with Gasteiger partial charge in [-0.3, -0.25) is 4.79 Å². The van der Waals surface area contributed by atoms with Crippen LogP contribution in [0, 0.1) is 12.4 Å². The van der Waals surface area contributed by atoms with E-state index < -0.39 is 29.3 Å². The van der Waals surface area contributed by atoms with E-state index in [9.17, 15) is 22.4 Å². The number of amides is 1. The lowest BCUT2D eigenvalue weighted by molar-refractivity contribution is -0.141. The number of hydrogen-bond donors (Lipinski definition) is 1. The van der Waals surface area contributed by atoms with Gasteiger partial charge < -0.3 is 5.32 Å². The second-order valence-corrected chi connectivity index (χ2v) is 4.02. The van der Waals surface area contributed by atoms with Crippen LogP contribution in [0.3, 0.4) is 0 Å². The lowest BCUT2D eigenvalue weighted by atomic mass is 10.2. The van der Waals surface area contributed by atoms with Crippen LogP contribution in [0.4, 0.5) is 29.1 Å². The number of anilines is 1. The van der Waals surface area contributed by atoms with Crippen LogP contribution < -0.4 is 5.32 Å². The van der Waals surface area contributed by atoms with Crippen molar-refractivity contribution >= 4 is 17.4 Å². The summed E-state index contributed by atoms with van der Waals surface area (Å²) in [6, 6.07) is 3.62. The molecule has 0 saturated carbocycles. The van der Waals surface area contributed by atoms with Crippen molar-refractivity contribution in [3.63, 3.8) is 0 Å². The smallest absolute Gasteiger partial charge is 0.305 e. The summed E-state index contributed by atoms with van der Waals surface area (Å²) >= 11 is 0. The van der Waals surface area contributed by atoms with E-state index in [1.54, 1.807) is 0 Å². The molecule has 2 rings (SSSR count). The zero-order valence-corrected chi connectivity index (χ0v) is 10.6. The Balaban J connectivity index is 2.33. The van der Waals surface area contributed by atoms with Crippen LogP contribution in [0.1, 0.15) is 16.2 Å². The van der Waals surface area contributed by atoms with Crippen LogP contribution in [0.15, 0.2) is 30.5 Å². The maximum atomic E-state index is 12.7. The van der Waals surface area contributed by atoms with Gasteiger partial charge in [0.15, 0.2) is 5.69 Å². The van der Waals surface area contributed by atoms with E-state index in [0.29, 0.717) is 6.07 Å². The Morgan fingerprint density at radius 3 is 2.55 bits per heavy atom. The average Bonchev–Trinajstić information content (AvgIpc) is 2.48. The second kappa shape index (κ2) is 5.77. The molecule has 112 valence electrons. The highest BCUT2D eigenvalue weighted by Gasteiger charge is 2.33. The van der Waals surface area contributed by atoms with Crippen molar-refractivity contribution < 1.29 is 22.4 Å². The maximum absolute atomic E-state index is 12.7. The molecular weight excluding hydrogens is 304 g/mol. The van der Waals surface area contributed by atoms with Gasteiger partial charge >= 0.3 is 6.18 Å². The minimum absolute atomic E-state index is 0.0602. The van der Waals surface area contributed by atoms with Crippen molar-refractivity contribution in [3.8, 4) is 0 Å². The Morgan fingerprint density at radius 2 is 2.00 bits per heavy atom. The molecule has 0 fully saturated rings. The minimum Gasteiger partial charge on any atom is -0.305 e. The summed E-state index contributed by atoms with van der Waals surface area (Å²) in [5.74, 6) is -1.68. The predicted molar refractivity (Wildman–Crippen MR) is 67.6 cm³/mol. The highest BCUT2D eigenvalue weighted by molar-refractivity contribution is 6.02. The summed E-state index contributed by atoms with van der Waals surface area (Å²) in [4.78, 5) is 21.5. The SMILES string of the molecule is [C-]#[N+]c1cc(C(=O)Nc2ccc(F)cn2)nc(C(F)(F)F)c1. The molecule has 0 spiro atoms. The molecule has 2 heterocycles. The molecule has 9 heteroatoms. The van der Waals surface area contributed by atoms with Gasteiger partial charge in [0.05, 0.1) is 12.8 Å². The fourth-order valence-corrected chi connectivity index (χ4v) is 1.47. The van der Waals surface area contributed by atoms with Gasteiger partial charge in [-0.05, 0) is 24.3 Å². The van der Waals surface area contributed by atoms with Gasteiger partial charge in [0.2, 0.25) is 0 Å². The summed E-state index contributed by atoms with van der Waals surface area (Å²) in [6.45, 7) is 6.77. The van der Waals surface area contributed by atoms with Crippen molar-refractivity contribution in [1.29, 1.82) is 0 Å². The number of carbonyl (C=O) groups excluding carboxylic acids is 1. The zero-order chi connectivity index (χ0) is 16.3. The molecule has 2 aromatic rings. The van der Waals surface area contributed by atoms with Crippen molar-refractivity contribution in [3.05, 3.63) is 59.1 Å². The summed E-state index contributed by atoms with van der Waals surface area (Å²) < 4.78 is 50.7. The predicted octanol–water partition coefficient (Wildman–Crippen LogP) is 3.44. The number of halogens is 4. The van der Waals surface area contributed by atoms with E-state index >= 15 is 0 Å². The van der Waals surface area contributed by atoms with Crippen LogP contribution in [0.25, 0.3) is 4.85 Å². The van der Waals surface area contributed by atoms with Crippen LogP contribution in [-0.2, 0) is 6.18 Å². The second-order valence-electron chi connectivity index (χ2n) is 4.02. The van der Waals surface area contributed by atoms with Crippen molar-refractivity contribution in [2.24, 2.45) is 0 Å². The zero-order valence-electron chi connectivity index (χ0n) is 10.6. The fraction of sp³-hybridized carbons (Fsp3) is 0.0769. The molecule has 0 aromatic carbocycles. The Hall–Kier alpha value is -3.02. The molecule has 22 heavy (non-hydrogen) atoms. The molecule has 0 saturated heterocycles. The summed E-state index contributed by atoms with van der Waals surface area (Å²) in [5, 5.41) is 2.17. The van der Waals surface area contributed by atoms with E-state index in [1.165, 1.54) is 0 Å². The molecule has 2 aromatic heterocycles. The third kappa shape index (κ3) is 3.54. The van der Waals surface area contributed by atoms with Crippen molar-refractivity contribution in [1.82, 2.24) is 9.97 Å². The molecule has 5 nitrogen and oxygen atoms in total. The molecule has 0 aliphatic heterocycles. The van der Waals surface area contributed by atoms with Crippen LogP contribution in [-0.4, -0.2) is 15.9 Å². The largest absolute Gasteiger partial charge is 0.432 e. The van der Waals surface area contributed by atoms with Gasteiger partial charge in [-0.2, -0.15) is 13.2 Å². The Labute approximate surface area is 121 Å². The first-order valence-electron chi connectivity index (χ1n) is 5.69. The highest BCUT2D eigenvalue weighted by atomic mass is 19.4. The third-order valence-corrected chi connectivity index (χ3v) is 2.43. The van der Waals surface area contributed by atoms with E-state index in [-0.39, 0.29) is 11.5 Å². The number of aromatic nitrogens is 2. The first kappa shape index (κ1) is 15.4. The monoisotopic (exact) mass is 310 g/mol. The van der Waals surface area contributed by atoms with E-state index in [0.717, 1.165) is 24.4 Å². The Kier molecular flexibility index (Phi) is 4.03. The number of alkyl halides is 3. The summed E-state index contributed by atoms with van der Waals surface area (Å²) in [5.41, 5.74) is -2.32. The number of rotatable bonds is 2. The van der Waals surface area contributed by atoms with Gasteiger partial charge in [-0.1, -0.05) is 0 Å². The quantitative estimate of drug-likeness (QED) is 0.683. The van der Waals surface area contributed by atoms with Gasteiger partial charge in [0.25, 0.3) is 5.91 Å². The van der Waals surface area contributed by atoms with Crippen LogP contribution >= 0.6 is 0 Å². The Morgan fingerprint density at radius 1 is 1.27 bits per heavy atom. The van der Waals surface area contributed by atoms with Gasteiger partial charge in [-0.25, -0.2) is 19.2 Å². The van der Waals surface area contributed by atoms with Crippen LogP contribution in [0.5, 0.6) is 0 Å². The average molecular weight is 310 g/mol. The summed E-state index contributed by atoms with van der Waals surface area (Å²) in [7, 11) is 0. The molecule has 1 N–H and O–H groups in total. The molecule has 0 bridgehead atoms. The maximum Gasteiger partial charge on any atom is 0.432 e. The van der Waals surface area contributed by atoms with E-state index in [2.05, 4.69) is 20.1 Å². The molecule has 0 aliphatic rings. The topological polar surface area (TPSA) is 59.2 Å². The molecule has 1 amide bonds. The first-order valence-corrected chi connectivity index (χ1v) is 5.69. The standard InChI is InChI=1S/C13H6F4N4O/c1-18-8-4-9(20-10(5-8)13(15,16)17)12(22)21-11-3-2-7(14)6-19-11/h2-6H,(H,19,21,22). The first-order chi connectivity index (χ1) is 10.3. The molecule has 0 atom stereocenters. The summed E-state index contributed by atoms with van der Waals surface area (Å²) in [6.07, 6.45) is -3.95.